The number of anilines is 1. The van der Waals surface area contributed by atoms with E-state index in [1.165, 1.54) is 12.8 Å². The molecule has 19 heavy (non-hydrogen) atoms. The van der Waals surface area contributed by atoms with Gasteiger partial charge < -0.3 is 15.5 Å². The number of rotatable bonds is 5. The molecule has 2 rings (SSSR count). The predicted octanol–water partition coefficient (Wildman–Crippen LogP) is 1.70. The minimum atomic E-state index is 0.0850. The van der Waals surface area contributed by atoms with Crippen molar-refractivity contribution in [2.45, 2.75) is 25.3 Å². The van der Waals surface area contributed by atoms with E-state index in [-0.39, 0.29) is 5.91 Å². The van der Waals surface area contributed by atoms with E-state index in [4.69, 9.17) is 0 Å². The second-order valence-corrected chi connectivity index (χ2v) is 5.14. The van der Waals surface area contributed by atoms with Gasteiger partial charge in [-0.3, -0.25) is 4.79 Å². The Kier molecular flexibility index (Phi) is 5.36. The van der Waals surface area contributed by atoms with Gasteiger partial charge in [-0.15, -0.1) is 0 Å². The van der Waals surface area contributed by atoms with Crippen LogP contribution in [0.5, 0.6) is 0 Å². The van der Waals surface area contributed by atoms with Gasteiger partial charge in [-0.05, 0) is 38.6 Å². The zero-order valence-corrected chi connectivity index (χ0v) is 11.6. The molecule has 1 aromatic carbocycles. The van der Waals surface area contributed by atoms with Gasteiger partial charge in [0.25, 0.3) is 0 Å². The van der Waals surface area contributed by atoms with Crippen LogP contribution >= 0.6 is 0 Å². The van der Waals surface area contributed by atoms with Crippen LogP contribution in [-0.2, 0) is 4.79 Å². The third kappa shape index (κ3) is 4.65. The molecule has 1 aliphatic rings. The zero-order chi connectivity index (χ0) is 13.5. The average Bonchev–Trinajstić information content (AvgIpc) is 2.47. The van der Waals surface area contributed by atoms with Crippen molar-refractivity contribution in [3.8, 4) is 0 Å². The SMILES string of the molecule is CN(CCC(=O)Nc1ccccc1)C1CCCNC1. The number of hydrogen-bond donors (Lipinski definition) is 2. The molecule has 1 aromatic rings. The van der Waals surface area contributed by atoms with Crippen LogP contribution in [-0.4, -0.2) is 43.5 Å². The third-order valence-corrected chi connectivity index (χ3v) is 3.64. The van der Waals surface area contributed by atoms with Gasteiger partial charge >= 0.3 is 0 Å². The summed E-state index contributed by atoms with van der Waals surface area (Å²) in [4.78, 5) is 14.1. The maximum atomic E-state index is 11.8. The maximum absolute atomic E-state index is 11.8. The molecule has 2 N–H and O–H groups in total. The number of para-hydroxylation sites is 1. The summed E-state index contributed by atoms with van der Waals surface area (Å²) in [5.74, 6) is 0.0850. The molecule has 0 saturated carbocycles. The number of carbonyl (C=O) groups excluding carboxylic acids is 1. The fraction of sp³-hybridized carbons (Fsp3) is 0.533. The summed E-state index contributed by atoms with van der Waals surface area (Å²) in [5, 5.41) is 6.32. The van der Waals surface area contributed by atoms with E-state index in [9.17, 15) is 4.79 Å². The van der Waals surface area contributed by atoms with Gasteiger partial charge in [-0.25, -0.2) is 0 Å². The van der Waals surface area contributed by atoms with Gasteiger partial charge in [-0.2, -0.15) is 0 Å². The van der Waals surface area contributed by atoms with Crippen molar-refractivity contribution < 1.29 is 4.79 Å². The van der Waals surface area contributed by atoms with Gasteiger partial charge in [0.15, 0.2) is 0 Å². The Morgan fingerprint density at radius 2 is 2.21 bits per heavy atom. The summed E-state index contributed by atoms with van der Waals surface area (Å²) in [5.41, 5.74) is 0.870. The molecular weight excluding hydrogens is 238 g/mol. The van der Waals surface area contributed by atoms with E-state index >= 15 is 0 Å². The molecule has 1 fully saturated rings. The van der Waals surface area contributed by atoms with Crippen LogP contribution in [0.3, 0.4) is 0 Å². The molecule has 0 spiro atoms. The Bertz CT molecular complexity index is 388. The molecule has 4 nitrogen and oxygen atoms in total. The Hall–Kier alpha value is -1.39. The van der Waals surface area contributed by atoms with Gasteiger partial charge in [0.05, 0.1) is 0 Å². The zero-order valence-electron chi connectivity index (χ0n) is 11.6. The van der Waals surface area contributed by atoms with Crippen molar-refractivity contribution in [3.05, 3.63) is 30.3 Å². The molecular formula is C15H23N3O. The maximum Gasteiger partial charge on any atom is 0.225 e. The number of hydrogen-bond acceptors (Lipinski definition) is 3. The molecule has 0 aromatic heterocycles. The molecule has 0 bridgehead atoms. The lowest BCUT2D eigenvalue weighted by atomic mass is 10.1. The lowest BCUT2D eigenvalue weighted by Gasteiger charge is -2.31. The van der Waals surface area contributed by atoms with Crippen molar-refractivity contribution in [3.63, 3.8) is 0 Å². The molecule has 1 saturated heterocycles. The third-order valence-electron chi connectivity index (χ3n) is 3.64. The number of nitrogens with one attached hydrogen (secondary N) is 2. The van der Waals surface area contributed by atoms with E-state index in [2.05, 4.69) is 22.6 Å². The number of nitrogens with zero attached hydrogens (tertiary/aromatic N) is 1. The Balaban J connectivity index is 1.71. The molecule has 104 valence electrons. The molecule has 0 aliphatic carbocycles. The highest BCUT2D eigenvalue weighted by atomic mass is 16.1. The first kappa shape index (κ1) is 14.0. The van der Waals surface area contributed by atoms with Gasteiger partial charge in [-0.1, -0.05) is 18.2 Å². The Morgan fingerprint density at radius 1 is 1.42 bits per heavy atom. The summed E-state index contributed by atoms with van der Waals surface area (Å²) in [6.07, 6.45) is 3.00. The second kappa shape index (κ2) is 7.26. The standard InChI is InChI=1S/C15H23N3O/c1-18(14-8-5-10-16-12-14)11-9-15(19)17-13-6-3-2-4-7-13/h2-4,6-7,14,16H,5,8-12H2,1H3,(H,17,19). The van der Waals surface area contributed by atoms with Crippen molar-refractivity contribution in [2.75, 3.05) is 32.0 Å². The Labute approximate surface area is 115 Å². The molecule has 1 amide bonds. The normalized spacial score (nSPS) is 19.4. The number of amides is 1. The minimum Gasteiger partial charge on any atom is -0.326 e. The molecule has 0 radical (unpaired) electrons. The van der Waals surface area contributed by atoms with Gasteiger partial charge in [0.1, 0.15) is 0 Å². The molecule has 1 aliphatic heterocycles. The number of piperidine rings is 1. The molecule has 1 unspecified atom stereocenters. The minimum absolute atomic E-state index is 0.0850. The lowest BCUT2D eigenvalue weighted by molar-refractivity contribution is -0.116. The predicted molar refractivity (Wildman–Crippen MR) is 78.2 cm³/mol. The first-order chi connectivity index (χ1) is 9.25. The largest absolute Gasteiger partial charge is 0.326 e. The van der Waals surface area contributed by atoms with Crippen LogP contribution < -0.4 is 10.6 Å². The first-order valence-electron chi connectivity index (χ1n) is 7.01. The monoisotopic (exact) mass is 261 g/mol. The van der Waals surface area contributed by atoms with E-state index < -0.39 is 0 Å². The second-order valence-electron chi connectivity index (χ2n) is 5.14. The van der Waals surface area contributed by atoms with E-state index in [0.29, 0.717) is 12.5 Å². The van der Waals surface area contributed by atoms with Gasteiger partial charge in [0.2, 0.25) is 5.91 Å². The highest BCUT2D eigenvalue weighted by Gasteiger charge is 2.17. The fourth-order valence-corrected chi connectivity index (χ4v) is 2.42. The van der Waals surface area contributed by atoms with Crippen molar-refractivity contribution in [2.24, 2.45) is 0 Å². The highest BCUT2D eigenvalue weighted by molar-refractivity contribution is 5.90. The van der Waals surface area contributed by atoms with E-state index in [1.54, 1.807) is 0 Å². The molecule has 1 atom stereocenters. The van der Waals surface area contributed by atoms with Crippen molar-refractivity contribution in [1.82, 2.24) is 10.2 Å². The van der Waals surface area contributed by atoms with Gasteiger partial charge in [0, 0.05) is 31.2 Å². The molecule has 1 heterocycles. The summed E-state index contributed by atoms with van der Waals surface area (Å²) in [7, 11) is 2.10. The first-order valence-corrected chi connectivity index (χ1v) is 7.01. The lowest BCUT2D eigenvalue weighted by Crippen LogP contribution is -2.44. The topological polar surface area (TPSA) is 44.4 Å². The Morgan fingerprint density at radius 3 is 2.89 bits per heavy atom. The summed E-state index contributed by atoms with van der Waals surface area (Å²) >= 11 is 0. The van der Waals surface area contributed by atoms with Crippen LogP contribution in [0.25, 0.3) is 0 Å². The quantitative estimate of drug-likeness (QED) is 0.848. The highest BCUT2D eigenvalue weighted by Crippen LogP contribution is 2.09. The summed E-state index contributed by atoms with van der Waals surface area (Å²) in [6, 6.07) is 10.2. The van der Waals surface area contributed by atoms with Crippen LogP contribution in [0.1, 0.15) is 19.3 Å². The summed E-state index contributed by atoms with van der Waals surface area (Å²) in [6.45, 7) is 2.97. The van der Waals surface area contributed by atoms with Crippen molar-refractivity contribution >= 4 is 11.6 Å². The van der Waals surface area contributed by atoms with E-state index in [0.717, 1.165) is 25.3 Å². The number of benzene rings is 1. The van der Waals surface area contributed by atoms with E-state index in [1.807, 2.05) is 30.3 Å². The smallest absolute Gasteiger partial charge is 0.225 e. The van der Waals surface area contributed by atoms with Crippen LogP contribution in [0.15, 0.2) is 30.3 Å². The number of carbonyl (C=O) groups is 1. The van der Waals surface area contributed by atoms with Crippen molar-refractivity contribution in [1.29, 1.82) is 0 Å². The average molecular weight is 261 g/mol. The summed E-state index contributed by atoms with van der Waals surface area (Å²) < 4.78 is 0. The number of likely N-dealkylation sites (N-methyl/N-ethyl adjacent to an activating group) is 1. The van der Waals surface area contributed by atoms with Crippen LogP contribution in [0.2, 0.25) is 0 Å². The fourth-order valence-electron chi connectivity index (χ4n) is 2.42. The van der Waals surface area contributed by atoms with Crippen LogP contribution in [0, 0.1) is 0 Å². The molecule has 4 heteroatoms. The van der Waals surface area contributed by atoms with Crippen LogP contribution in [0.4, 0.5) is 5.69 Å².